The fourth-order valence-corrected chi connectivity index (χ4v) is 6.20. The van der Waals surface area contributed by atoms with Gasteiger partial charge in [-0.3, -0.25) is 14.9 Å². The van der Waals surface area contributed by atoms with Gasteiger partial charge in [-0.1, -0.05) is 6.07 Å². The predicted molar refractivity (Wildman–Crippen MR) is 107 cm³/mol. The van der Waals surface area contributed by atoms with Crippen LogP contribution in [0.25, 0.3) is 0 Å². The summed E-state index contributed by atoms with van der Waals surface area (Å²) in [5.41, 5.74) is 0.803. The molecule has 11 heteroatoms. The van der Waals surface area contributed by atoms with Crippen molar-refractivity contribution in [1.29, 1.82) is 0 Å². The van der Waals surface area contributed by atoms with Gasteiger partial charge >= 0.3 is 5.97 Å². The molecule has 0 saturated heterocycles. The first-order valence-corrected chi connectivity index (χ1v) is 11.4. The number of nitro benzene ring substituents is 1. The molecule has 0 spiro atoms. The minimum Gasteiger partial charge on any atom is -0.462 e. The van der Waals surface area contributed by atoms with Crippen molar-refractivity contribution in [2.24, 2.45) is 0 Å². The van der Waals surface area contributed by atoms with Crippen molar-refractivity contribution in [3.63, 3.8) is 0 Å². The molecular formula is C18H18N2O7S2. The van der Waals surface area contributed by atoms with E-state index in [-0.39, 0.29) is 51.9 Å². The number of esters is 1. The Bertz CT molecular complexity index is 1120. The van der Waals surface area contributed by atoms with Crippen molar-refractivity contribution < 1.29 is 27.7 Å². The predicted octanol–water partition coefficient (Wildman–Crippen LogP) is 2.86. The number of hydrogen-bond acceptors (Lipinski definition) is 8. The van der Waals surface area contributed by atoms with E-state index < -0.39 is 26.6 Å². The molecule has 0 atom stereocenters. The first-order chi connectivity index (χ1) is 13.6. The van der Waals surface area contributed by atoms with Crippen LogP contribution in [-0.4, -0.2) is 37.6 Å². The Morgan fingerprint density at radius 2 is 2.07 bits per heavy atom. The summed E-state index contributed by atoms with van der Waals surface area (Å²) in [6, 6.07) is 4.14. The van der Waals surface area contributed by atoms with Gasteiger partial charge in [0, 0.05) is 22.1 Å². The van der Waals surface area contributed by atoms with Crippen molar-refractivity contribution in [2.45, 2.75) is 26.0 Å². The SMILES string of the molecule is CCOC(=O)c1c(NC(=O)c2cccc([N+](=O)[O-])c2C)sc2c1CCS(=O)(=O)C2. The van der Waals surface area contributed by atoms with E-state index in [0.29, 0.717) is 10.4 Å². The maximum absolute atomic E-state index is 12.8. The average Bonchev–Trinajstić information content (AvgIpc) is 2.97. The zero-order valence-corrected chi connectivity index (χ0v) is 17.3. The van der Waals surface area contributed by atoms with E-state index >= 15 is 0 Å². The van der Waals surface area contributed by atoms with Crippen LogP contribution in [0.15, 0.2) is 18.2 Å². The Labute approximate surface area is 170 Å². The summed E-state index contributed by atoms with van der Waals surface area (Å²) in [7, 11) is -3.27. The summed E-state index contributed by atoms with van der Waals surface area (Å²) < 4.78 is 29.0. The zero-order chi connectivity index (χ0) is 21.3. The number of carbonyl (C=O) groups is 2. The van der Waals surface area contributed by atoms with Crippen molar-refractivity contribution >= 4 is 43.7 Å². The minimum atomic E-state index is -3.27. The molecule has 1 aliphatic rings. The van der Waals surface area contributed by atoms with Crippen molar-refractivity contribution in [1.82, 2.24) is 0 Å². The minimum absolute atomic E-state index is 0.0828. The summed E-state index contributed by atoms with van der Waals surface area (Å²) in [6.07, 6.45) is 0.161. The van der Waals surface area contributed by atoms with E-state index in [9.17, 15) is 28.1 Å². The van der Waals surface area contributed by atoms with Gasteiger partial charge in [-0.05, 0) is 31.9 Å². The van der Waals surface area contributed by atoms with Crippen LogP contribution < -0.4 is 5.32 Å². The summed E-state index contributed by atoms with van der Waals surface area (Å²) in [4.78, 5) is 36.3. The highest BCUT2D eigenvalue weighted by Crippen LogP contribution is 2.38. The summed E-state index contributed by atoms with van der Waals surface area (Å²) in [6.45, 7) is 3.23. The third-order valence-electron chi connectivity index (χ3n) is 4.56. The number of sulfone groups is 1. The number of rotatable bonds is 5. The second kappa shape index (κ2) is 7.91. The highest BCUT2D eigenvalue weighted by molar-refractivity contribution is 7.90. The Morgan fingerprint density at radius 3 is 2.72 bits per heavy atom. The lowest BCUT2D eigenvalue weighted by molar-refractivity contribution is -0.385. The maximum atomic E-state index is 12.8. The van der Waals surface area contributed by atoms with Crippen LogP contribution in [-0.2, 0) is 26.7 Å². The van der Waals surface area contributed by atoms with E-state index in [2.05, 4.69) is 5.32 Å². The monoisotopic (exact) mass is 438 g/mol. The fourth-order valence-electron chi connectivity index (χ4n) is 3.17. The summed E-state index contributed by atoms with van der Waals surface area (Å²) in [5, 5.41) is 13.9. The molecule has 1 aromatic heterocycles. The number of nitrogens with zero attached hydrogens (tertiary/aromatic N) is 1. The van der Waals surface area contributed by atoms with Gasteiger partial charge in [0.25, 0.3) is 11.6 Å². The van der Waals surface area contributed by atoms with Crippen LogP contribution in [0, 0.1) is 17.0 Å². The topological polar surface area (TPSA) is 133 Å². The molecule has 0 fully saturated rings. The number of fused-ring (bicyclic) bond motifs is 1. The van der Waals surface area contributed by atoms with Crippen molar-refractivity contribution in [3.8, 4) is 0 Å². The summed E-state index contributed by atoms with van der Waals surface area (Å²) >= 11 is 1.01. The number of ether oxygens (including phenoxy) is 1. The second-order valence-electron chi connectivity index (χ2n) is 6.43. The Morgan fingerprint density at radius 1 is 1.34 bits per heavy atom. The highest BCUT2D eigenvalue weighted by Gasteiger charge is 2.32. The molecule has 2 heterocycles. The highest BCUT2D eigenvalue weighted by atomic mass is 32.2. The first-order valence-electron chi connectivity index (χ1n) is 8.72. The van der Waals surface area contributed by atoms with Gasteiger partial charge in [0.05, 0.1) is 28.6 Å². The third kappa shape index (κ3) is 4.15. The molecule has 1 aliphatic heterocycles. The number of carbonyl (C=O) groups excluding carboxylic acids is 2. The lowest BCUT2D eigenvalue weighted by Gasteiger charge is -2.13. The van der Waals surface area contributed by atoms with Gasteiger partial charge < -0.3 is 10.1 Å². The molecule has 1 amide bonds. The number of nitro groups is 1. The lowest BCUT2D eigenvalue weighted by atomic mass is 10.1. The molecular weight excluding hydrogens is 420 g/mol. The van der Waals surface area contributed by atoms with Gasteiger partial charge in [0.1, 0.15) is 5.00 Å². The number of benzene rings is 1. The zero-order valence-electron chi connectivity index (χ0n) is 15.7. The average molecular weight is 438 g/mol. The number of thiophene rings is 1. The number of amides is 1. The molecule has 0 unspecified atom stereocenters. The van der Waals surface area contributed by atoms with Crippen LogP contribution in [0.4, 0.5) is 10.7 Å². The van der Waals surface area contributed by atoms with E-state index in [1.165, 1.54) is 25.1 Å². The Hall–Kier alpha value is -2.79. The van der Waals surface area contributed by atoms with Crippen LogP contribution in [0.3, 0.4) is 0 Å². The third-order valence-corrected chi connectivity index (χ3v) is 7.44. The van der Waals surface area contributed by atoms with E-state index in [4.69, 9.17) is 4.74 Å². The smallest absolute Gasteiger partial charge is 0.341 e. The quantitative estimate of drug-likeness (QED) is 0.431. The summed E-state index contributed by atoms with van der Waals surface area (Å²) in [5.74, 6) is -1.56. The van der Waals surface area contributed by atoms with Crippen LogP contribution in [0.5, 0.6) is 0 Å². The molecule has 0 bridgehead atoms. The van der Waals surface area contributed by atoms with E-state index in [1.54, 1.807) is 6.92 Å². The molecule has 0 radical (unpaired) electrons. The second-order valence-corrected chi connectivity index (χ2v) is 9.72. The molecule has 2 aromatic rings. The maximum Gasteiger partial charge on any atom is 0.341 e. The number of nitrogens with one attached hydrogen (secondary N) is 1. The number of anilines is 1. The molecule has 1 N–H and O–H groups in total. The largest absolute Gasteiger partial charge is 0.462 e. The van der Waals surface area contributed by atoms with Gasteiger partial charge in [-0.25, -0.2) is 13.2 Å². The van der Waals surface area contributed by atoms with Crippen LogP contribution >= 0.6 is 11.3 Å². The van der Waals surface area contributed by atoms with Crippen LogP contribution in [0.2, 0.25) is 0 Å². The standard InChI is InChI=1S/C18H18N2O7S2/c1-3-27-18(22)15-12-7-8-29(25,26)9-14(12)28-17(15)19-16(21)11-5-4-6-13(10(11)2)20(23)24/h4-6H,3,7-9H2,1-2H3,(H,19,21). The molecule has 1 aromatic carbocycles. The van der Waals surface area contributed by atoms with Crippen molar-refractivity contribution in [3.05, 3.63) is 55.4 Å². The number of hydrogen-bond donors (Lipinski definition) is 1. The fraction of sp³-hybridized carbons (Fsp3) is 0.333. The normalized spacial score (nSPS) is 14.7. The first kappa shape index (κ1) is 20.9. The lowest BCUT2D eigenvalue weighted by Crippen LogP contribution is -2.20. The van der Waals surface area contributed by atoms with E-state index in [1.807, 2.05) is 0 Å². The molecule has 3 rings (SSSR count). The molecule has 0 saturated carbocycles. The van der Waals surface area contributed by atoms with Gasteiger partial charge in [-0.15, -0.1) is 11.3 Å². The Kier molecular flexibility index (Phi) is 5.71. The Balaban J connectivity index is 2.02. The van der Waals surface area contributed by atoms with Crippen LogP contribution in [0.1, 0.15) is 43.6 Å². The van der Waals surface area contributed by atoms with Gasteiger partial charge in [0.15, 0.2) is 9.84 Å². The van der Waals surface area contributed by atoms with Gasteiger partial charge in [-0.2, -0.15) is 0 Å². The molecule has 9 nitrogen and oxygen atoms in total. The van der Waals surface area contributed by atoms with Crippen molar-refractivity contribution in [2.75, 3.05) is 17.7 Å². The van der Waals surface area contributed by atoms with Gasteiger partial charge in [0.2, 0.25) is 0 Å². The molecule has 154 valence electrons. The molecule has 29 heavy (non-hydrogen) atoms. The van der Waals surface area contributed by atoms with E-state index in [0.717, 1.165) is 11.3 Å². The molecule has 0 aliphatic carbocycles.